The Morgan fingerprint density at radius 3 is 2.73 bits per heavy atom. The maximum absolute atomic E-state index is 12.9. The normalized spacial score (nSPS) is 10.6. The van der Waals surface area contributed by atoms with Crippen molar-refractivity contribution < 1.29 is 9.18 Å². The van der Waals surface area contributed by atoms with Crippen molar-refractivity contribution in [2.75, 3.05) is 14.1 Å². The predicted octanol–water partition coefficient (Wildman–Crippen LogP) is 2.74. The molecular formula is C11H10FNOS. The van der Waals surface area contributed by atoms with Gasteiger partial charge < -0.3 is 4.90 Å². The van der Waals surface area contributed by atoms with E-state index < -0.39 is 0 Å². The van der Waals surface area contributed by atoms with Crippen LogP contribution in [0.25, 0.3) is 10.1 Å². The first-order valence-electron chi connectivity index (χ1n) is 4.48. The number of carbonyl (C=O) groups is 1. The van der Waals surface area contributed by atoms with Crippen LogP contribution in [0.5, 0.6) is 0 Å². The van der Waals surface area contributed by atoms with Crippen molar-refractivity contribution in [2.24, 2.45) is 0 Å². The molecule has 0 aliphatic heterocycles. The maximum Gasteiger partial charge on any atom is 0.263 e. The lowest BCUT2D eigenvalue weighted by molar-refractivity contribution is 0.0832. The van der Waals surface area contributed by atoms with E-state index in [-0.39, 0.29) is 11.7 Å². The van der Waals surface area contributed by atoms with E-state index in [2.05, 4.69) is 0 Å². The summed E-state index contributed by atoms with van der Waals surface area (Å²) in [5.41, 5.74) is 0. The second-order valence-corrected chi connectivity index (χ2v) is 4.58. The van der Waals surface area contributed by atoms with Crippen molar-refractivity contribution in [1.29, 1.82) is 0 Å². The number of amides is 1. The van der Waals surface area contributed by atoms with Crippen molar-refractivity contribution in [1.82, 2.24) is 4.90 Å². The Kier molecular flexibility index (Phi) is 2.44. The molecule has 1 amide bonds. The Morgan fingerprint density at radius 2 is 2.07 bits per heavy atom. The van der Waals surface area contributed by atoms with Crippen LogP contribution in [-0.4, -0.2) is 24.9 Å². The lowest BCUT2D eigenvalue weighted by Crippen LogP contribution is -2.20. The van der Waals surface area contributed by atoms with E-state index in [1.54, 1.807) is 26.2 Å². The molecular weight excluding hydrogens is 213 g/mol. The molecule has 0 aliphatic carbocycles. The van der Waals surface area contributed by atoms with Gasteiger partial charge in [-0.05, 0) is 23.6 Å². The van der Waals surface area contributed by atoms with Crippen LogP contribution >= 0.6 is 11.3 Å². The minimum Gasteiger partial charge on any atom is -0.344 e. The first kappa shape index (κ1) is 10.1. The summed E-state index contributed by atoms with van der Waals surface area (Å²) in [5, 5.41) is 0.909. The van der Waals surface area contributed by atoms with E-state index in [1.807, 2.05) is 0 Å². The second kappa shape index (κ2) is 3.62. The number of rotatable bonds is 1. The van der Waals surface area contributed by atoms with E-state index >= 15 is 0 Å². The van der Waals surface area contributed by atoms with Crippen molar-refractivity contribution in [2.45, 2.75) is 0 Å². The van der Waals surface area contributed by atoms with Crippen LogP contribution in [0.3, 0.4) is 0 Å². The molecule has 1 heterocycles. The number of fused-ring (bicyclic) bond motifs is 1. The summed E-state index contributed by atoms with van der Waals surface area (Å²) in [4.78, 5) is 13.8. The van der Waals surface area contributed by atoms with Gasteiger partial charge in [0.05, 0.1) is 4.88 Å². The molecule has 0 spiro atoms. The van der Waals surface area contributed by atoms with E-state index in [9.17, 15) is 9.18 Å². The molecule has 2 aromatic rings. The maximum atomic E-state index is 12.9. The van der Waals surface area contributed by atoms with E-state index in [0.29, 0.717) is 4.88 Å². The summed E-state index contributed by atoms with van der Waals surface area (Å²) < 4.78 is 13.7. The monoisotopic (exact) mass is 223 g/mol. The molecule has 1 aromatic heterocycles. The van der Waals surface area contributed by atoms with Gasteiger partial charge >= 0.3 is 0 Å². The predicted molar refractivity (Wildman–Crippen MR) is 59.8 cm³/mol. The van der Waals surface area contributed by atoms with Gasteiger partial charge in [-0.15, -0.1) is 11.3 Å². The number of carbonyl (C=O) groups excluding carboxylic acids is 1. The van der Waals surface area contributed by atoms with Gasteiger partial charge in [-0.1, -0.05) is 6.07 Å². The number of hydrogen-bond acceptors (Lipinski definition) is 2. The van der Waals surface area contributed by atoms with Crippen molar-refractivity contribution in [3.8, 4) is 0 Å². The van der Waals surface area contributed by atoms with Crippen molar-refractivity contribution in [3.05, 3.63) is 35.0 Å². The van der Waals surface area contributed by atoms with Gasteiger partial charge in [0, 0.05) is 18.8 Å². The fourth-order valence-electron chi connectivity index (χ4n) is 1.33. The average Bonchev–Trinajstić information content (AvgIpc) is 2.58. The van der Waals surface area contributed by atoms with Crippen LogP contribution in [0.1, 0.15) is 9.67 Å². The Bertz CT molecular complexity index is 518. The van der Waals surface area contributed by atoms with Gasteiger partial charge in [-0.25, -0.2) is 4.39 Å². The van der Waals surface area contributed by atoms with E-state index in [1.165, 1.54) is 28.4 Å². The molecule has 0 unspecified atom stereocenters. The molecule has 0 bridgehead atoms. The lowest BCUT2D eigenvalue weighted by atomic mass is 10.2. The molecule has 4 heteroatoms. The first-order valence-corrected chi connectivity index (χ1v) is 5.30. The Balaban J connectivity index is 2.52. The van der Waals surface area contributed by atoms with Gasteiger partial charge in [-0.2, -0.15) is 0 Å². The van der Waals surface area contributed by atoms with Crippen molar-refractivity contribution >= 4 is 27.3 Å². The van der Waals surface area contributed by atoms with Gasteiger partial charge in [0.1, 0.15) is 5.82 Å². The highest BCUT2D eigenvalue weighted by atomic mass is 32.1. The summed E-state index contributed by atoms with van der Waals surface area (Å²) in [6.45, 7) is 0. The number of hydrogen-bond donors (Lipinski definition) is 0. The minimum atomic E-state index is -0.270. The summed E-state index contributed by atoms with van der Waals surface area (Å²) in [5.74, 6) is -0.315. The topological polar surface area (TPSA) is 20.3 Å². The molecule has 15 heavy (non-hydrogen) atoms. The molecule has 0 N–H and O–H groups in total. The van der Waals surface area contributed by atoms with Crippen LogP contribution in [0.15, 0.2) is 24.3 Å². The molecule has 0 saturated heterocycles. The molecule has 2 nitrogen and oxygen atoms in total. The number of benzene rings is 1. The standard InChI is InChI=1S/C11H10FNOS/c1-13(2)11(14)10-5-7-3-4-8(12)6-9(7)15-10/h3-6H,1-2H3. The second-order valence-electron chi connectivity index (χ2n) is 3.49. The molecule has 0 fully saturated rings. The minimum absolute atomic E-state index is 0.0448. The molecule has 1 aromatic carbocycles. The third kappa shape index (κ3) is 1.85. The van der Waals surface area contributed by atoms with Crippen LogP contribution in [0, 0.1) is 5.82 Å². The largest absolute Gasteiger partial charge is 0.344 e. The zero-order valence-corrected chi connectivity index (χ0v) is 9.27. The smallest absolute Gasteiger partial charge is 0.263 e. The highest BCUT2D eigenvalue weighted by Crippen LogP contribution is 2.26. The molecule has 0 radical (unpaired) electrons. The molecule has 0 saturated carbocycles. The SMILES string of the molecule is CN(C)C(=O)c1cc2ccc(F)cc2s1. The number of thiophene rings is 1. The highest BCUT2D eigenvalue weighted by Gasteiger charge is 2.11. The van der Waals surface area contributed by atoms with Crippen LogP contribution in [-0.2, 0) is 0 Å². The molecule has 2 rings (SSSR count). The number of halogens is 1. The van der Waals surface area contributed by atoms with Gasteiger partial charge in [0.15, 0.2) is 0 Å². The fraction of sp³-hybridized carbons (Fsp3) is 0.182. The van der Waals surface area contributed by atoms with Crippen LogP contribution < -0.4 is 0 Å². The van der Waals surface area contributed by atoms with E-state index in [4.69, 9.17) is 0 Å². The molecule has 78 valence electrons. The zero-order chi connectivity index (χ0) is 11.0. The summed E-state index contributed by atoms with van der Waals surface area (Å²) in [6, 6.07) is 6.33. The summed E-state index contributed by atoms with van der Waals surface area (Å²) in [7, 11) is 3.40. The summed E-state index contributed by atoms with van der Waals surface area (Å²) >= 11 is 1.32. The van der Waals surface area contributed by atoms with Gasteiger partial charge in [0.25, 0.3) is 5.91 Å². The lowest BCUT2D eigenvalue weighted by Gasteiger charge is -2.06. The summed E-state index contributed by atoms with van der Waals surface area (Å²) in [6.07, 6.45) is 0. The average molecular weight is 223 g/mol. The van der Waals surface area contributed by atoms with Gasteiger partial charge in [0.2, 0.25) is 0 Å². The van der Waals surface area contributed by atoms with Crippen LogP contribution in [0.4, 0.5) is 4.39 Å². The fourth-order valence-corrected chi connectivity index (χ4v) is 2.44. The molecule has 0 aliphatic rings. The Labute approximate surface area is 90.9 Å². The Morgan fingerprint density at radius 1 is 1.33 bits per heavy atom. The van der Waals surface area contributed by atoms with Crippen LogP contribution in [0.2, 0.25) is 0 Å². The zero-order valence-electron chi connectivity index (χ0n) is 8.45. The third-order valence-corrected chi connectivity index (χ3v) is 3.18. The van der Waals surface area contributed by atoms with Gasteiger partial charge in [-0.3, -0.25) is 4.79 Å². The molecule has 0 atom stereocenters. The quantitative estimate of drug-likeness (QED) is 0.728. The first-order chi connectivity index (χ1) is 7.08. The van der Waals surface area contributed by atoms with Crippen molar-refractivity contribution in [3.63, 3.8) is 0 Å². The highest BCUT2D eigenvalue weighted by molar-refractivity contribution is 7.20. The third-order valence-electron chi connectivity index (χ3n) is 2.10. The Hall–Kier alpha value is -1.42. The number of nitrogens with zero attached hydrogens (tertiary/aromatic N) is 1. The van der Waals surface area contributed by atoms with E-state index in [0.717, 1.165) is 10.1 Å².